The number of nitrogens with zero attached hydrogens (tertiary/aromatic N) is 2. The average molecular weight is 419 g/mol. The van der Waals surface area contributed by atoms with E-state index in [2.05, 4.69) is 22.9 Å². The van der Waals surface area contributed by atoms with Gasteiger partial charge in [0.15, 0.2) is 5.16 Å². The van der Waals surface area contributed by atoms with Crippen LogP contribution in [0.3, 0.4) is 0 Å². The summed E-state index contributed by atoms with van der Waals surface area (Å²) in [5, 5.41) is 1.38. The molecule has 3 aromatic rings. The van der Waals surface area contributed by atoms with Gasteiger partial charge < -0.3 is 4.74 Å². The maximum absolute atomic E-state index is 13.1. The molecule has 0 saturated heterocycles. The van der Waals surface area contributed by atoms with Crippen LogP contribution in [0.25, 0.3) is 10.9 Å². The van der Waals surface area contributed by atoms with Gasteiger partial charge in [-0.3, -0.25) is 9.36 Å². The molecule has 1 aromatic heterocycles. The van der Waals surface area contributed by atoms with Gasteiger partial charge in [0.25, 0.3) is 5.56 Å². The molecule has 0 aliphatic carbocycles. The molecule has 0 N–H and O–H groups in total. The van der Waals surface area contributed by atoms with Crippen LogP contribution in [0.15, 0.2) is 50.8 Å². The van der Waals surface area contributed by atoms with Gasteiger partial charge in [-0.15, -0.1) is 0 Å². The van der Waals surface area contributed by atoms with Crippen molar-refractivity contribution in [2.45, 2.75) is 25.5 Å². The van der Waals surface area contributed by atoms with Crippen molar-refractivity contribution in [3.63, 3.8) is 0 Å². The molecule has 3 rings (SSSR count). The van der Waals surface area contributed by atoms with Crippen LogP contribution in [0.5, 0.6) is 5.75 Å². The summed E-state index contributed by atoms with van der Waals surface area (Å²) in [7, 11) is 1.64. The van der Waals surface area contributed by atoms with Gasteiger partial charge in [-0.25, -0.2) is 4.98 Å². The summed E-state index contributed by atoms with van der Waals surface area (Å²) >= 11 is 5.12. The highest BCUT2D eigenvalue weighted by molar-refractivity contribution is 9.10. The molecule has 0 aliphatic heterocycles. The molecule has 0 aliphatic rings. The quantitative estimate of drug-likeness (QED) is 0.447. The summed E-state index contributed by atoms with van der Waals surface area (Å²) in [6.45, 7) is 4.52. The molecule has 0 amide bonds. The van der Waals surface area contributed by atoms with Gasteiger partial charge in [0.1, 0.15) is 5.75 Å². The number of ether oxygens (including phenoxy) is 1. The Morgan fingerprint density at radius 1 is 1.24 bits per heavy atom. The van der Waals surface area contributed by atoms with Crippen LogP contribution in [-0.4, -0.2) is 22.4 Å². The van der Waals surface area contributed by atoms with Crippen LogP contribution >= 0.6 is 27.7 Å². The SMILES string of the molecule is CCSc1nc2c(Br)cc(C)cc2c(=O)n1Cc1ccc(OC)cc1. The Morgan fingerprint density at radius 2 is 1.96 bits per heavy atom. The first kappa shape index (κ1) is 18.0. The summed E-state index contributed by atoms with van der Waals surface area (Å²) in [5.74, 6) is 1.65. The normalized spacial score (nSPS) is 11.0. The molecule has 25 heavy (non-hydrogen) atoms. The van der Waals surface area contributed by atoms with Crippen LogP contribution in [0.1, 0.15) is 18.1 Å². The highest BCUT2D eigenvalue weighted by atomic mass is 79.9. The molecule has 0 unspecified atom stereocenters. The number of thioether (sulfide) groups is 1. The predicted molar refractivity (Wildman–Crippen MR) is 107 cm³/mol. The van der Waals surface area contributed by atoms with Crippen molar-refractivity contribution in [1.82, 2.24) is 9.55 Å². The summed E-state index contributed by atoms with van der Waals surface area (Å²) < 4.78 is 7.81. The Morgan fingerprint density at radius 3 is 2.60 bits per heavy atom. The van der Waals surface area contributed by atoms with Gasteiger partial charge in [-0.2, -0.15) is 0 Å². The Bertz CT molecular complexity index is 968. The molecular weight excluding hydrogens is 400 g/mol. The number of halogens is 1. The maximum atomic E-state index is 13.1. The molecule has 1 heterocycles. The molecule has 130 valence electrons. The highest BCUT2D eigenvalue weighted by Crippen LogP contribution is 2.25. The number of aromatic nitrogens is 2. The van der Waals surface area contributed by atoms with E-state index in [-0.39, 0.29) is 5.56 Å². The number of benzene rings is 2. The molecule has 0 saturated carbocycles. The van der Waals surface area contributed by atoms with E-state index in [0.717, 1.165) is 37.8 Å². The van der Waals surface area contributed by atoms with Crippen molar-refractivity contribution in [3.05, 3.63) is 62.4 Å². The fourth-order valence-electron chi connectivity index (χ4n) is 2.69. The maximum Gasteiger partial charge on any atom is 0.262 e. The van der Waals surface area contributed by atoms with Crippen molar-refractivity contribution in [3.8, 4) is 5.75 Å². The zero-order chi connectivity index (χ0) is 18.0. The Labute approximate surface area is 159 Å². The van der Waals surface area contributed by atoms with E-state index in [1.54, 1.807) is 23.4 Å². The number of hydrogen-bond donors (Lipinski definition) is 0. The Balaban J connectivity index is 2.15. The summed E-state index contributed by atoms with van der Waals surface area (Å²) in [4.78, 5) is 17.9. The molecule has 0 atom stereocenters. The molecule has 0 radical (unpaired) electrons. The first-order valence-corrected chi connectivity index (χ1v) is 9.77. The standard InChI is InChI=1S/C19H19BrN2O2S/c1-4-25-19-21-17-15(9-12(2)10-16(17)20)18(23)22(19)11-13-5-7-14(24-3)8-6-13/h5-10H,4,11H2,1-3H3. The minimum absolute atomic E-state index is 0.0128. The lowest BCUT2D eigenvalue weighted by Crippen LogP contribution is -2.24. The minimum Gasteiger partial charge on any atom is -0.497 e. The number of fused-ring (bicyclic) bond motifs is 1. The van der Waals surface area contributed by atoms with Crippen LogP contribution in [0.2, 0.25) is 0 Å². The summed E-state index contributed by atoms with van der Waals surface area (Å²) in [6, 6.07) is 11.7. The van der Waals surface area contributed by atoms with Crippen LogP contribution in [0, 0.1) is 6.92 Å². The van der Waals surface area contributed by atoms with Gasteiger partial charge >= 0.3 is 0 Å². The lowest BCUT2D eigenvalue weighted by atomic mass is 10.1. The van der Waals surface area contributed by atoms with Gasteiger partial charge in [0.05, 0.1) is 24.6 Å². The van der Waals surface area contributed by atoms with Crippen molar-refractivity contribution < 1.29 is 4.74 Å². The lowest BCUT2D eigenvalue weighted by Gasteiger charge is -2.14. The molecule has 4 nitrogen and oxygen atoms in total. The average Bonchev–Trinajstić information content (AvgIpc) is 2.60. The second-order valence-corrected chi connectivity index (χ2v) is 7.80. The highest BCUT2D eigenvalue weighted by Gasteiger charge is 2.14. The van der Waals surface area contributed by atoms with E-state index >= 15 is 0 Å². The van der Waals surface area contributed by atoms with E-state index in [1.165, 1.54) is 0 Å². The van der Waals surface area contributed by atoms with Crippen molar-refractivity contribution in [2.75, 3.05) is 12.9 Å². The molecule has 2 aromatic carbocycles. The number of methoxy groups -OCH3 is 1. The third kappa shape index (κ3) is 3.75. The third-order valence-corrected chi connectivity index (χ3v) is 5.36. The van der Waals surface area contributed by atoms with Crippen LogP contribution in [-0.2, 0) is 6.54 Å². The molecule has 0 spiro atoms. The summed E-state index contributed by atoms with van der Waals surface area (Å²) in [6.07, 6.45) is 0. The third-order valence-electron chi connectivity index (χ3n) is 3.89. The van der Waals surface area contributed by atoms with E-state index in [1.807, 2.05) is 43.3 Å². The van der Waals surface area contributed by atoms with Crippen LogP contribution < -0.4 is 10.3 Å². The second-order valence-electron chi connectivity index (χ2n) is 5.71. The largest absolute Gasteiger partial charge is 0.497 e. The zero-order valence-electron chi connectivity index (χ0n) is 14.4. The van der Waals surface area contributed by atoms with Gasteiger partial charge in [-0.05, 0) is 64.0 Å². The number of rotatable bonds is 5. The summed E-state index contributed by atoms with van der Waals surface area (Å²) in [5.41, 5.74) is 2.78. The van der Waals surface area contributed by atoms with E-state index in [0.29, 0.717) is 11.9 Å². The Kier molecular flexibility index (Phi) is 5.49. The molecular formula is C19H19BrN2O2S. The van der Waals surface area contributed by atoms with Gasteiger partial charge in [0.2, 0.25) is 0 Å². The first-order valence-electron chi connectivity index (χ1n) is 8.00. The fourth-order valence-corrected chi connectivity index (χ4v) is 4.07. The molecule has 0 bridgehead atoms. The van der Waals surface area contributed by atoms with Crippen molar-refractivity contribution >= 4 is 38.6 Å². The molecule has 6 heteroatoms. The lowest BCUT2D eigenvalue weighted by molar-refractivity contribution is 0.414. The number of aryl methyl sites for hydroxylation is 1. The zero-order valence-corrected chi connectivity index (χ0v) is 16.8. The van der Waals surface area contributed by atoms with Crippen molar-refractivity contribution in [2.24, 2.45) is 0 Å². The Hall–Kier alpha value is -1.79. The van der Waals surface area contributed by atoms with Gasteiger partial charge in [0, 0.05) is 4.47 Å². The monoisotopic (exact) mass is 418 g/mol. The first-order chi connectivity index (χ1) is 12.0. The predicted octanol–water partition coefficient (Wildman–Crippen LogP) is 4.64. The van der Waals surface area contributed by atoms with Gasteiger partial charge in [-0.1, -0.05) is 30.8 Å². The van der Waals surface area contributed by atoms with Crippen LogP contribution in [0.4, 0.5) is 0 Å². The van der Waals surface area contributed by atoms with E-state index in [9.17, 15) is 4.79 Å². The second kappa shape index (κ2) is 7.62. The topological polar surface area (TPSA) is 44.1 Å². The fraction of sp³-hybridized carbons (Fsp3) is 0.263. The van der Waals surface area contributed by atoms with E-state index in [4.69, 9.17) is 9.72 Å². The smallest absolute Gasteiger partial charge is 0.262 e. The molecule has 0 fully saturated rings. The van der Waals surface area contributed by atoms with E-state index < -0.39 is 0 Å². The number of hydrogen-bond acceptors (Lipinski definition) is 4. The minimum atomic E-state index is -0.0128. The van der Waals surface area contributed by atoms with Crippen molar-refractivity contribution in [1.29, 1.82) is 0 Å².